The van der Waals surface area contributed by atoms with Gasteiger partial charge in [-0.15, -0.1) is 0 Å². The predicted molar refractivity (Wildman–Crippen MR) is 77.7 cm³/mol. The minimum Gasteiger partial charge on any atom is -0.489 e. The molecule has 0 amide bonds. The zero-order chi connectivity index (χ0) is 14.8. The topological polar surface area (TPSA) is 67.2 Å². The third-order valence-corrected chi connectivity index (χ3v) is 5.42. The van der Waals surface area contributed by atoms with E-state index in [0.717, 1.165) is 12.8 Å². The molecule has 1 fully saturated rings. The molecule has 2 rings (SSSR count). The Morgan fingerprint density at radius 1 is 1.40 bits per heavy atom. The lowest BCUT2D eigenvalue weighted by atomic mass is 9.97. The van der Waals surface area contributed by atoms with E-state index < -0.39 is 9.84 Å². The van der Waals surface area contributed by atoms with Gasteiger partial charge in [0.1, 0.15) is 27.8 Å². The van der Waals surface area contributed by atoms with Crippen LogP contribution in [0.2, 0.25) is 5.02 Å². The van der Waals surface area contributed by atoms with E-state index in [0.29, 0.717) is 29.2 Å². The molecule has 108 valence electrons. The fraction of sp³-hybridized carbons (Fsp3) is 0.500. The first-order valence-corrected chi connectivity index (χ1v) is 8.78. The number of halogens is 1. The Balaban J connectivity index is 2.14. The van der Waals surface area contributed by atoms with Gasteiger partial charge < -0.3 is 4.74 Å². The van der Waals surface area contributed by atoms with Gasteiger partial charge in [0.2, 0.25) is 0 Å². The van der Waals surface area contributed by atoms with E-state index in [2.05, 4.69) is 6.07 Å². The third kappa shape index (κ3) is 3.65. The minimum atomic E-state index is -3.05. The van der Waals surface area contributed by atoms with Gasteiger partial charge in [0.05, 0.1) is 10.8 Å². The normalized spacial score (nSPS) is 23.1. The molecule has 1 saturated carbocycles. The van der Waals surface area contributed by atoms with E-state index in [9.17, 15) is 8.42 Å². The van der Waals surface area contributed by atoms with Crippen LogP contribution >= 0.6 is 11.6 Å². The molecule has 2 atom stereocenters. The van der Waals surface area contributed by atoms with E-state index in [4.69, 9.17) is 21.6 Å². The molecule has 1 aliphatic rings. The van der Waals surface area contributed by atoms with Crippen molar-refractivity contribution in [3.8, 4) is 11.8 Å². The Hall–Kier alpha value is -1.25. The molecule has 0 heterocycles. The molecule has 1 aromatic carbocycles. The zero-order valence-corrected chi connectivity index (χ0v) is 12.7. The van der Waals surface area contributed by atoms with Gasteiger partial charge in [0.25, 0.3) is 0 Å². The fourth-order valence-electron chi connectivity index (χ4n) is 2.46. The van der Waals surface area contributed by atoms with Gasteiger partial charge in [0.15, 0.2) is 0 Å². The smallest absolute Gasteiger partial charge is 0.150 e. The number of ether oxygens (including phenoxy) is 1. The SMILES string of the molecule is CS(=O)(=O)C1CCCC(Oc2cc(Cl)ccc2C#N)C1. The maximum absolute atomic E-state index is 11.6. The average molecular weight is 314 g/mol. The Labute approximate surface area is 124 Å². The molecule has 20 heavy (non-hydrogen) atoms. The van der Waals surface area contributed by atoms with Crippen LogP contribution in [0.15, 0.2) is 18.2 Å². The number of sulfone groups is 1. The zero-order valence-electron chi connectivity index (χ0n) is 11.2. The monoisotopic (exact) mass is 313 g/mol. The van der Waals surface area contributed by atoms with Gasteiger partial charge in [-0.05, 0) is 31.4 Å². The maximum atomic E-state index is 11.6. The number of rotatable bonds is 3. The van der Waals surface area contributed by atoms with Crippen LogP contribution in [0.3, 0.4) is 0 Å². The van der Waals surface area contributed by atoms with Crippen molar-refractivity contribution in [2.24, 2.45) is 0 Å². The molecule has 0 spiro atoms. The fourth-order valence-corrected chi connectivity index (χ4v) is 3.78. The van der Waals surface area contributed by atoms with Crippen molar-refractivity contribution >= 4 is 21.4 Å². The second-order valence-corrected chi connectivity index (χ2v) is 7.87. The highest BCUT2D eigenvalue weighted by atomic mass is 35.5. The van der Waals surface area contributed by atoms with Crippen molar-refractivity contribution in [2.45, 2.75) is 37.0 Å². The van der Waals surface area contributed by atoms with Crippen LogP contribution in [0.1, 0.15) is 31.2 Å². The van der Waals surface area contributed by atoms with Crippen molar-refractivity contribution in [3.05, 3.63) is 28.8 Å². The summed E-state index contributed by atoms with van der Waals surface area (Å²) < 4.78 is 29.1. The van der Waals surface area contributed by atoms with Crippen LogP contribution in [-0.2, 0) is 9.84 Å². The van der Waals surface area contributed by atoms with Gasteiger partial charge in [0, 0.05) is 23.8 Å². The van der Waals surface area contributed by atoms with Gasteiger partial charge in [-0.25, -0.2) is 8.42 Å². The highest BCUT2D eigenvalue weighted by Crippen LogP contribution is 2.30. The first-order chi connectivity index (χ1) is 9.40. The highest BCUT2D eigenvalue weighted by Gasteiger charge is 2.30. The molecule has 0 saturated heterocycles. The van der Waals surface area contributed by atoms with Crippen LogP contribution in [0.4, 0.5) is 0 Å². The van der Waals surface area contributed by atoms with Crippen molar-refractivity contribution in [1.82, 2.24) is 0 Å². The molecule has 2 unspecified atom stereocenters. The van der Waals surface area contributed by atoms with Gasteiger partial charge in [-0.2, -0.15) is 5.26 Å². The van der Waals surface area contributed by atoms with E-state index >= 15 is 0 Å². The molecule has 0 aromatic heterocycles. The molecular formula is C14H16ClNO3S. The quantitative estimate of drug-likeness (QED) is 0.860. The van der Waals surface area contributed by atoms with Gasteiger partial charge in [-0.3, -0.25) is 0 Å². The lowest BCUT2D eigenvalue weighted by Crippen LogP contribution is -2.33. The molecule has 1 aromatic rings. The summed E-state index contributed by atoms with van der Waals surface area (Å²) in [6.45, 7) is 0. The summed E-state index contributed by atoms with van der Waals surface area (Å²) in [6.07, 6.45) is 3.83. The van der Waals surface area contributed by atoms with Crippen LogP contribution in [0.5, 0.6) is 5.75 Å². The Bertz CT molecular complexity index is 636. The van der Waals surface area contributed by atoms with Crippen LogP contribution in [0.25, 0.3) is 0 Å². The van der Waals surface area contributed by atoms with E-state index in [1.807, 2.05) is 0 Å². The number of nitrogens with zero attached hydrogens (tertiary/aromatic N) is 1. The number of benzene rings is 1. The summed E-state index contributed by atoms with van der Waals surface area (Å²) in [5.41, 5.74) is 0.413. The summed E-state index contributed by atoms with van der Waals surface area (Å²) in [4.78, 5) is 0. The summed E-state index contributed by atoms with van der Waals surface area (Å²) in [7, 11) is -3.05. The summed E-state index contributed by atoms with van der Waals surface area (Å²) in [5, 5.41) is 9.19. The lowest BCUT2D eigenvalue weighted by Gasteiger charge is -2.28. The van der Waals surface area contributed by atoms with Crippen molar-refractivity contribution in [2.75, 3.05) is 6.26 Å². The molecule has 0 N–H and O–H groups in total. The number of nitriles is 1. The molecular weight excluding hydrogens is 298 g/mol. The van der Waals surface area contributed by atoms with Gasteiger partial charge >= 0.3 is 0 Å². The lowest BCUT2D eigenvalue weighted by molar-refractivity contribution is 0.156. The largest absolute Gasteiger partial charge is 0.489 e. The van der Waals surface area contributed by atoms with Crippen LogP contribution in [-0.4, -0.2) is 26.0 Å². The molecule has 0 aliphatic heterocycles. The Morgan fingerprint density at radius 3 is 2.80 bits per heavy atom. The van der Waals surface area contributed by atoms with Crippen molar-refractivity contribution < 1.29 is 13.2 Å². The molecule has 1 aliphatic carbocycles. The maximum Gasteiger partial charge on any atom is 0.150 e. The third-order valence-electron chi connectivity index (χ3n) is 3.54. The van der Waals surface area contributed by atoms with Crippen LogP contribution in [0, 0.1) is 11.3 Å². The predicted octanol–water partition coefficient (Wildman–Crippen LogP) is 2.95. The first kappa shape index (κ1) is 15.1. The number of hydrogen-bond donors (Lipinski definition) is 0. The molecule has 0 bridgehead atoms. The van der Waals surface area contributed by atoms with Crippen molar-refractivity contribution in [1.29, 1.82) is 5.26 Å². The summed E-state index contributed by atoms with van der Waals surface area (Å²) >= 11 is 5.91. The van der Waals surface area contributed by atoms with E-state index in [1.54, 1.807) is 18.2 Å². The molecule has 4 nitrogen and oxygen atoms in total. The summed E-state index contributed by atoms with van der Waals surface area (Å²) in [5.74, 6) is 0.430. The summed E-state index contributed by atoms with van der Waals surface area (Å²) in [6, 6.07) is 6.89. The first-order valence-electron chi connectivity index (χ1n) is 6.45. The Morgan fingerprint density at radius 2 is 2.15 bits per heavy atom. The van der Waals surface area contributed by atoms with E-state index in [-0.39, 0.29) is 11.4 Å². The second kappa shape index (κ2) is 6.02. The van der Waals surface area contributed by atoms with Crippen LogP contribution < -0.4 is 4.74 Å². The molecule has 6 heteroatoms. The van der Waals surface area contributed by atoms with E-state index in [1.165, 1.54) is 6.26 Å². The van der Waals surface area contributed by atoms with Crippen molar-refractivity contribution in [3.63, 3.8) is 0 Å². The van der Waals surface area contributed by atoms with Gasteiger partial charge in [-0.1, -0.05) is 11.6 Å². The minimum absolute atomic E-state index is 0.186. The average Bonchev–Trinajstić information content (AvgIpc) is 2.38. The second-order valence-electron chi connectivity index (χ2n) is 5.11. The molecule has 0 radical (unpaired) electrons. The Kier molecular flexibility index (Phi) is 4.56. The standard InChI is InChI=1S/C14H16ClNO3S/c1-20(17,18)13-4-2-3-12(8-13)19-14-7-11(15)6-5-10(14)9-16/h5-7,12-13H,2-4,8H2,1H3. The highest BCUT2D eigenvalue weighted by molar-refractivity contribution is 7.91. The number of hydrogen-bond acceptors (Lipinski definition) is 4.